The van der Waals surface area contributed by atoms with E-state index in [1.165, 1.54) is 5.56 Å². The lowest BCUT2D eigenvalue weighted by molar-refractivity contribution is -0.121. The summed E-state index contributed by atoms with van der Waals surface area (Å²) in [5.74, 6) is 0.0670. The lowest BCUT2D eigenvalue weighted by atomic mass is 10.1. The van der Waals surface area contributed by atoms with Crippen LogP contribution in [0.3, 0.4) is 0 Å². The number of carbonyl (C=O) groups excluding carboxylic acids is 1. The van der Waals surface area contributed by atoms with Gasteiger partial charge < -0.3 is 11.1 Å². The minimum absolute atomic E-state index is 0.0670. The number of aryl methyl sites for hydroxylation is 1. The number of hydrogen-bond donors (Lipinski definition) is 2. The fraction of sp³-hybridized carbons (Fsp3) is 0.278. The van der Waals surface area contributed by atoms with Crippen LogP contribution in [0.2, 0.25) is 0 Å². The average molecular weight is 282 g/mol. The first-order valence-electron chi connectivity index (χ1n) is 7.37. The molecule has 110 valence electrons. The van der Waals surface area contributed by atoms with Crippen molar-refractivity contribution in [3.05, 3.63) is 71.8 Å². The molecule has 0 radical (unpaired) electrons. The van der Waals surface area contributed by atoms with E-state index in [2.05, 4.69) is 17.4 Å². The zero-order valence-electron chi connectivity index (χ0n) is 12.2. The molecule has 3 N–H and O–H groups in total. The molecule has 2 rings (SSSR count). The van der Waals surface area contributed by atoms with Gasteiger partial charge in [0, 0.05) is 19.0 Å². The van der Waals surface area contributed by atoms with Crippen molar-refractivity contribution in [2.45, 2.75) is 25.3 Å². The van der Waals surface area contributed by atoms with E-state index in [1.54, 1.807) is 0 Å². The molecule has 0 heterocycles. The molecule has 3 nitrogen and oxygen atoms in total. The number of nitrogens with two attached hydrogens (primary N) is 1. The first-order chi connectivity index (χ1) is 10.3. The highest BCUT2D eigenvalue weighted by molar-refractivity contribution is 5.75. The van der Waals surface area contributed by atoms with E-state index >= 15 is 0 Å². The number of amides is 1. The molecule has 1 atom stereocenters. The third kappa shape index (κ3) is 5.40. The molecular formula is C18H22N2O. The predicted octanol–water partition coefficient (Wildman–Crippen LogP) is 2.83. The van der Waals surface area contributed by atoms with Crippen LogP contribution in [0.25, 0.3) is 0 Å². The molecule has 21 heavy (non-hydrogen) atoms. The van der Waals surface area contributed by atoms with Crippen LogP contribution in [0.15, 0.2) is 60.7 Å². The summed E-state index contributed by atoms with van der Waals surface area (Å²) >= 11 is 0. The van der Waals surface area contributed by atoms with E-state index in [9.17, 15) is 4.79 Å². The molecule has 2 aromatic rings. The van der Waals surface area contributed by atoms with Crippen molar-refractivity contribution in [3.63, 3.8) is 0 Å². The molecule has 0 saturated heterocycles. The van der Waals surface area contributed by atoms with Gasteiger partial charge in [-0.3, -0.25) is 4.79 Å². The van der Waals surface area contributed by atoms with Crippen LogP contribution in [-0.2, 0) is 11.2 Å². The van der Waals surface area contributed by atoms with Gasteiger partial charge in [-0.2, -0.15) is 0 Å². The van der Waals surface area contributed by atoms with Gasteiger partial charge in [0.1, 0.15) is 0 Å². The topological polar surface area (TPSA) is 55.1 Å². The Morgan fingerprint density at radius 1 is 1.00 bits per heavy atom. The Balaban J connectivity index is 1.66. The van der Waals surface area contributed by atoms with Crippen LogP contribution in [0.1, 0.15) is 30.0 Å². The largest absolute Gasteiger partial charge is 0.354 e. The molecular weight excluding hydrogens is 260 g/mol. The van der Waals surface area contributed by atoms with Gasteiger partial charge in [0.15, 0.2) is 0 Å². The number of hydrogen-bond acceptors (Lipinski definition) is 2. The highest BCUT2D eigenvalue weighted by Crippen LogP contribution is 2.08. The number of nitrogens with one attached hydrogen (secondary N) is 1. The smallest absolute Gasteiger partial charge is 0.220 e. The van der Waals surface area contributed by atoms with Crippen molar-refractivity contribution in [2.75, 3.05) is 6.54 Å². The Kier molecular flexibility index (Phi) is 5.98. The molecule has 2 aromatic carbocycles. The highest BCUT2D eigenvalue weighted by Gasteiger charge is 2.07. The summed E-state index contributed by atoms with van der Waals surface area (Å²) in [6.07, 6.45) is 2.33. The van der Waals surface area contributed by atoms with Crippen molar-refractivity contribution in [1.82, 2.24) is 5.32 Å². The minimum atomic E-state index is -0.149. The van der Waals surface area contributed by atoms with Crippen molar-refractivity contribution < 1.29 is 4.79 Å². The standard InChI is InChI=1S/C18H22N2O/c19-17(16-11-5-2-6-12-16)14-20-18(21)13-7-10-15-8-3-1-4-9-15/h1-6,8-9,11-12,17H,7,10,13-14,19H2,(H,20,21). The van der Waals surface area contributed by atoms with E-state index in [-0.39, 0.29) is 11.9 Å². The summed E-state index contributed by atoms with van der Waals surface area (Å²) in [6, 6.07) is 19.9. The summed E-state index contributed by atoms with van der Waals surface area (Å²) < 4.78 is 0. The molecule has 1 amide bonds. The average Bonchev–Trinajstić information content (AvgIpc) is 2.54. The maximum Gasteiger partial charge on any atom is 0.220 e. The SMILES string of the molecule is NC(CNC(=O)CCCc1ccccc1)c1ccccc1. The molecule has 0 bridgehead atoms. The van der Waals surface area contributed by atoms with Gasteiger partial charge in [-0.15, -0.1) is 0 Å². The molecule has 0 saturated carbocycles. The molecule has 0 aliphatic rings. The Morgan fingerprint density at radius 2 is 1.62 bits per heavy atom. The quantitative estimate of drug-likeness (QED) is 0.820. The van der Waals surface area contributed by atoms with Crippen LogP contribution < -0.4 is 11.1 Å². The van der Waals surface area contributed by atoms with Gasteiger partial charge in [0.05, 0.1) is 0 Å². The summed E-state index contributed by atoms with van der Waals surface area (Å²) in [5, 5.41) is 2.90. The zero-order valence-corrected chi connectivity index (χ0v) is 12.2. The molecule has 0 spiro atoms. The fourth-order valence-corrected chi connectivity index (χ4v) is 2.23. The van der Waals surface area contributed by atoms with Crippen LogP contribution in [-0.4, -0.2) is 12.5 Å². The van der Waals surface area contributed by atoms with Crippen molar-refractivity contribution in [1.29, 1.82) is 0 Å². The van der Waals surface area contributed by atoms with Gasteiger partial charge in [-0.1, -0.05) is 60.7 Å². The fourth-order valence-electron chi connectivity index (χ4n) is 2.23. The number of carbonyl (C=O) groups is 1. The van der Waals surface area contributed by atoms with Crippen molar-refractivity contribution in [3.8, 4) is 0 Å². The van der Waals surface area contributed by atoms with Gasteiger partial charge in [-0.05, 0) is 24.0 Å². The van der Waals surface area contributed by atoms with E-state index in [4.69, 9.17) is 5.73 Å². The summed E-state index contributed by atoms with van der Waals surface area (Å²) in [7, 11) is 0. The number of rotatable bonds is 7. The summed E-state index contributed by atoms with van der Waals surface area (Å²) in [6.45, 7) is 0.480. The Labute approximate surface area is 126 Å². The second kappa shape index (κ2) is 8.22. The maximum atomic E-state index is 11.8. The van der Waals surface area contributed by atoms with Crippen molar-refractivity contribution in [2.24, 2.45) is 5.73 Å². The maximum absolute atomic E-state index is 11.8. The van der Waals surface area contributed by atoms with Gasteiger partial charge >= 0.3 is 0 Å². The zero-order chi connectivity index (χ0) is 14.9. The Morgan fingerprint density at radius 3 is 2.29 bits per heavy atom. The summed E-state index contributed by atoms with van der Waals surface area (Å²) in [4.78, 5) is 11.8. The molecule has 3 heteroatoms. The molecule has 0 aliphatic heterocycles. The molecule has 0 aliphatic carbocycles. The van der Waals surface area contributed by atoms with Gasteiger partial charge in [0.25, 0.3) is 0 Å². The molecule has 0 aromatic heterocycles. The van der Waals surface area contributed by atoms with Gasteiger partial charge in [-0.25, -0.2) is 0 Å². The van der Waals surface area contributed by atoms with Crippen molar-refractivity contribution >= 4 is 5.91 Å². The first kappa shape index (κ1) is 15.3. The summed E-state index contributed by atoms with van der Waals surface area (Å²) in [5.41, 5.74) is 8.36. The van der Waals surface area contributed by atoms with Crippen LogP contribution >= 0.6 is 0 Å². The van der Waals surface area contributed by atoms with E-state index in [0.29, 0.717) is 13.0 Å². The predicted molar refractivity (Wildman–Crippen MR) is 85.8 cm³/mol. The van der Waals surface area contributed by atoms with E-state index < -0.39 is 0 Å². The highest BCUT2D eigenvalue weighted by atomic mass is 16.1. The van der Waals surface area contributed by atoms with Crippen LogP contribution in [0, 0.1) is 0 Å². The lowest BCUT2D eigenvalue weighted by Gasteiger charge is -2.13. The lowest BCUT2D eigenvalue weighted by Crippen LogP contribution is -2.31. The number of benzene rings is 2. The molecule has 0 fully saturated rings. The van der Waals surface area contributed by atoms with Gasteiger partial charge in [0.2, 0.25) is 5.91 Å². The minimum Gasteiger partial charge on any atom is -0.354 e. The third-order valence-electron chi connectivity index (χ3n) is 3.46. The van der Waals surface area contributed by atoms with E-state index in [0.717, 1.165) is 18.4 Å². The van der Waals surface area contributed by atoms with Crippen LogP contribution in [0.5, 0.6) is 0 Å². The second-order valence-electron chi connectivity index (χ2n) is 5.16. The van der Waals surface area contributed by atoms with Crippen LogP contribution in [0.4, 0.5) is 0 Å². The molecule has 1 unspecified atom stereocenters. The Bertz CT molecular complexity index is 540. The third-order valence-corrected chi connectivity index (χ3v) is 3.46. The first-order valence-corrected chi connectivity index (χ1v) is 7.37. The van der Waals surface area contributed by atoms with E-state index in [1.807, 2.05) is 48.5 Å². The monoisotopic (exact) mass is 282 g/mol. The second-order valence-corrected chi connectivity index (χ2v) is 5.16. The normalized spacial score (nSPS) is 11.9. The Hall–Kier alpha value is -2.13.